The molecule has 1 aromatic heterocycles. The minimum atomic E-state index is -4.54. The van der Waals surface area contributed by atoms with Gasteiger partial charge in [-0.2, -0.15) is 13.2 Å². The van der Waals surface area contributed by atoms with Gasteiger partial charge in [0.05, 0.1) is 19.8 Å². The molecule has 0 bridgehead atoms. The summed E-state index contributed by atoms with van der Waals surface area (Å²) in [6, 6.07) is 7.92. The molecule has 3 aromatic rings. The molecule has 0 aliphatic carbocycles. The molecule has 0 N–H and O–H groups in total. The number of thiazole rings is 1. The number of anilines is 1. The molecule has 2 aromatic carbocycles. The first-order chi connectivity index (χ1) is 15.7. The van der Waals surface area contributed by atoms with E-state index in [1.807, 2.05) is 13.8 Å². The van der Waals surface area contributed by atoms with Crippen molar-refractivity contribution in [2.45, 2.75) is 20.0 Å². The molecule has 3 rings (SSSR count). The number of halogens is 4. The Morgan fingerprint density at radius 2 is 1.68 bits per heavy atom. The third-order valence-electron chi connectivity index (χ3n) is 5.35. The number of ether oxygens (including phenoxy) is 2. The van der Waals surface area contributed by atoms with Crippen molar-refractivity contribution in [3.63, 3.8) is 0 Å². The van der Waals surface area contributed by atoms with Gasteiger partial charge < -0.3 is 14.4 Å². The Balaban J connectivity index is 0.00000408. The SMILES string of the molecule is CCN(CC)CCN(C(=O)c1cccc(C(F)(F)F)c1)c1nc2c(OC)ccc(OC)c2s1.Cl. The van der Waals surface area contributed by atoms with Crippen LogP contribution in [0.15, 0.2) is 36.4 Å². The lowest BCUT2D eigenvalue weighted by atomic mass is 10.1. The van der Waals surface area contributed by atoms with Crippen LogP contribution in [0, 0.1) is 0 Å². The topological polar surface area (TPSA) is 54.9 Å². The maximum atomic E-state index is 13.4. The second-order valence-corrected chi connectivity index (χ2v) is 8.18. The van der Waals surface area contributed by atoms with E-state index in [2.05, 4.69) is 9.88 Å². The standard InChI is InChI=1S/C23H26F3N3O3S.ClH/c1-5-28(6-2)12-13-29(21(30)15-8-7-9-16(14-15)23(24,25)26)22-27-19-17(31-3)10-11-18(32-4)20(19)33-22;/h7-11,14H,5-6,12-13H2,1-4H3;1H. The number of hydrogen-bond acceptors (Lipinski definition) is 6. The minimum Gasteiger partial charge on any atom is -0.495 e. The first kappa shape index (κ1) is 27.7. The van der Waals surface area contributed by atoms with E-state index in [1.54, 1.807) is 12.1 Å². The van der Waals surface area contributed by atoms with E-state index in [1.165, 1.54) is 42.6 Å². The fraction of sp³-hybridized carbons (Fsp3) is 0.391. The molecular weight excluding hydrogens is 491 g/mol. The zero-order chi connectivity index (χ0) is 24.2. The summed E-state index contributed by atoms with van der Waals surface area (Å²) in [5, 5.41) is 0.363. The van der Waals surface area contributed by atoms with Crippen LogP contribution < -0.4 is 14.4 Å². The molecule has 0 aliphatic heterocycles. The maximum Gasteiger partial charge on any atom is 0.416 e. The number of hydrogen-bond donors (Lipinski definition) is 0. The third-order valence-corrected chi connectivity index (χ3v) is 6.44. The van der Waals surface area contributed by atoms with Crippen LogP contribution in [0.4, 0.5) is 18.3 Å². The molecule has 0 saturated carbocycles. The summed E-state index contributed by atoms with van der Waals surface area (Å²) < 4.78 is 51.2. The van der Waals surface area contributed by atoms with Crippen molar-refractivity contribution in [2.24, 2.45) is 0 Å². The van der Waals surface area contributed by atoms with Crippen LogP contribution in [0.1, 0.15) is 29.8 Å². The predicted molar refractivity (Wildman–Crippen MR) is 131 cm³/mol. The van der Waals surface area contributed by atoms with E-state index in [4.69, 9.17) is 9.47 Å². The van der Waals surface area contributed by atoms with Gasteiger partial charge in [-0.25, -0.2) is 4.98 Å². The Bertz CT molecular complexity index is 1080. The molecule has 34 heavy (non-hydrogen) atoms. The molecule has 6 nitrogen and oxygen atoms in total. The molecule has 0 unspecified atom stereocenters. The Morgan fingerprint density at radius 1 is 1.03 bits per heavy atom. The molecular formula is C23H27ClF3N3O3S. The summed E-state index contributed by atoms with van der Waals surface area (Å²) in [5.41, 5.74) is -0.395. The second kappa shape index (κ2) is 11.7. The van der Waals surface area contributed by atoms with Crippen molar-refractivity contribution in [2.75, 3.05) is 45.3 Å². The summed E-state index contributed by atoms with van der Waals surface area (Å²) in [4.78, 5) is 21.6. The van der Waals surface area contributed by atoms with Gasteiger partial charge >= 0.3 is 6.18 Å². The number of nitrogens with zero attached hydrogens (tertiary/aromatic N) is 3. The number of alkyl halides is 3. The largest absolute Gasteiger partial charge is 0.495 e. The van der Waals surface area contributed by atoms with E-state index >= 15 is 0 Å². The van der Waals surface area contributed by atoms with Gasteiger partial charge in [0.1, 0.15) is 21.7 Å². The molecule has 186 valence electrons. The van der Waals surface area contributed by atoms with E-state index < -0.39 is 17.6 Å². The molecule has 1 heterocycles. The van der Waals surface area contributed by atoms with Crippen molar-refractivity contribution in [3.8, 4) is 11.5 Å². The molecule has 0 spiro atoms. The number of fused-ring (bicyclic) bond motifs is 1. The van der Waals surface area contributed by atoms with E-state index in [0.29, 0.717) is 33.4 Å². The van der Waals surface area contributed by atoms with Crippen LogP contribution in [0.2, 0.25) is 0 Å². The highest BCUT2D eigenvalue weighted by atomic mass is 35.5. The normalized spacial score (nSPS) is 11.4. The number of amides is 1. The highest BCUT2D eigenvalue weighted by Gasteiger charge is 2.32. The average Bonchev–Trinajstić information content (AvgIpc) is 3.25. The molecule has 11 heteroatoms. The number of rotatable bonds is 9. The third kappa shape index (κ3) is 5.92. The number of benzene rings is 2. The molecule has 0 aliphatic rings. The Kier molecular flexibility index (Phi) is 9.54. The van der Waals surface area contributed by atoms with Crippen LogP contribution >= 0.6 is 23.7 Å². The minimum absolute atomic E-state index is 0. The van der Waals surface area contributed by atoms with Gasteiger partial charge in [-0.3, -0.25) is 9.69 Å². The first-order valence-electron chi connectivity index (χ1n) is 10.5. The van der Waals surface area contributed by atoms with Gasteiger partial charge in [0.2, 0.25) is 0 Å². The van der Waals surface area contributed by atoms with Crippen molar-refractivity contribution in [1.82, 2.24) is 9.88 Å². The predicted octanol–water partition coefficient (Wildman–Crippen LogP) is 5.74. The van der Waals surface area contributed by atoms with Crippen LogP contribution in [-0.4, -0.2) is 56.2 Å². The van der Waals surface area contributed by atoms with Crippen molar-refractivity contribution >= 4 is 45.0 Å². The lowest BCUT2D eigenvalue weighted by Gasteiger charge is -2.25. The van der Waals surface area contributed by atoms with Crippen LogP contribution in [-0.2, 0) is 6.18 Å². The number of likely N-dealkylation sites (N-methyl/N-ethyl adjacent to an activating group) is 1. The van der Waals surface area contributed by atoms with E-state index in [9.17, 15) is 18.0 Å². The zero-order valence-corrected chi connectivity index (χ0v) is 20.9. The summed E-state index contributed by atoms with van der Waals surface area (Å²) >= 11 is 1.23. The second-order valence-electron chi connectivity index (χ2n) is 7.21. The van der Waals surface area contributed by atoms with Crippen LogP contribution in [0.3, 0.4) is 0 Å². The van der Waals surface area contributed by atoms with Gasteiger partial charge in [-0.15, -0.1) is 12.4 Å². The van der Waals surface area contributed by atoms with Crippen LogP contribution in [0.5, 0.6) is 11.5 Å². The Labute approximate surface area is 206 Å². The molecule has 0 atom stereocenters. The van der Waals surface area contributed by atoms with Gasteiger partial charge in [0, 0.05) is 18.7 Å². The fourth-order valence-corrected chi connectivity index (χ4v) is 4.54. The quantitative estimate of drug-likeness (QED) is 0.362. The lowest BCUT2D eigenvalue weighted by Crippen LogP contribution is -2.39. The fourth-order valence-electron chi connectivity index (χ4n) is 3.44. The Hall–Kier alpha value is -2.56. The highest BCUT2D eigenvalue weighted by Crippen LogP contribution is 2.40. The first-order valence-corrected chi connectivity index (χ1v) is 11.3. The highest BCUT2D eigenvalue weighted by molar-refractivity contribution is 7.22. The van der Waals surface area contributed by atoms with Gasteiger partial charge in [0.25, 0.3) is 5.91 Å². The smallest absolute Gasteiger partial charge is 0.416 e. The number of carbonyl (C=O) groups excluding carboxylic acids is 1. The zero-order valence-electron chi connectivity index (χ0n) is 19.3. The van der Waals surface area contributed by atoms with E-state index in [-0.39, 0.29) is 24.5 Å². The number of methoxy groups -OCH3 is 2. The summed E-state index contributed by atoms with van der Waals surface area (Å²) in [5.74, 6) is 0.540. The van der Waals surface area contributed by atoms with E-state index in [0.717, 1.165) is 25.2 Å². The average molecular weight is 518 g/mol. The monoisotopic (exact) mass is 517 g/mol. The summed E-state index contributed by atoms with van der Waals surface area (Å²) in [6.45, 7) is 6.39. The number of aromatic nitrogens is 1. The van der Waals surface area contributed by atoms with Gasteiger partial charge in [-0.1, -0.05) is 31.3 Å². The van der Waals surface area contributed by atoms with Gasteiger partial charge in [0.15, 0.2) is 5.13 Å². The van der Waals surface area contributed by atoms with Crippen molar-refractivity contribution in [3.05, 3.63) is 47.5 Å². The van der Waals surface area contributed by atoms with Crippen molar-refractivity contribution < 1.29 is 27.4 Å². The maximum absolute atomic E-state index is 13.4. The number of carbonyl (C=O) groups is 1. The van der Waals surface area contributed by atoms with Gasteiger partial charge in [-0.05, 0) is 43.4 Å². The van der Waals surface area contributed by atoms with Crippen LogP contribution in [0.25, 0.3) is 10.2 Å². The summed E-state index contributed by atoms with van der Waals surface area (Å²) in [7, 11) is 3.05. The molecule has 0 radical (unpaired) electrons. The van der Waals surface area contributed by atoms with Crippen molar-refractivity contribution in [1.29, 1.82) is 0 Å². The Morgan fingerprint density at radius 3 is 2.26 bits per heavy atom. The molecule has 0 fully saturated rings. The molecule has 1 amide bonds. The lowest BCUT2D eigenvalue weighted by molar-refractivity contribution is -0.137. The summed E-state index contributed by atoms with van der Waals surface area (Å²) in [6.07, 6.45) is -4.54. The molecule has 0 saturated heterocycles.